The molecule has 0 saturated carbocycles. The third kappa shape index (κ3) is 6.63. The first kappa shape index (κ1) is 46.0. The number of aryl methyl sites for hydroxylation is 2. The zero-order valence-corrected chi connectivity index (χ0v) is 45.6. The minimum Gasteiger partial charge on any atom is -0.376 e. The standard InChI is InChI=1S/C69H68BN3S/c1-9-11-13-21-43-29-32-45(33-30-43)73-60-39-49-48-38-53-54(68(5,6)36-35-67(53,3)4)42-63(48)74-62(49)41-47(60)50-40-61(71-57-27-19-16-24-51(57)69(7,8)52-25-17-20-28-58(52)71)64-46-23-15-18-26-56(46)72-59-34-31-44(22-14-12-10-2)37-55(59)70(73)65(50)66(64)72/h15-20,23-34,37-42H,9-14,21-22,35-36H2,1-8H3. The van der Waals surface area contributed by atoms with Gasteiger partial charge in [0.15, 0.2) is 0 Å². The minimum absolute atomic E-state index is 0.0624. The van der Waals surface area contributed by atoms with Gasteiger partial charge in [0.05, 0.1) is 28.1 Å². The van der Waals surface area contributed by atoms with Gasteiger partial charge in [-0.3, -0.25) is 0 Å². The van der Waals surface area contributed by atoms with Gasteiger partial charge in [-0.15, -0.1) is 11.3 Å². The van der Waals surface area contributed by atoms with Crippen LogP contribution in [-0.2, 0) is 29.1 Å². The smallest absolute Gasteiger partial charge is 0.333 e. The zero-order chi connectivity index (χ0) is 50.4. The second-order valence-corrected chi connectivity index (χ2v) is 25.4. The number of unbranched alkanes of at least 4 members (excludes halogenated alkanes) is 4. The fourth-order valence-electron chi connectivity index (χ4n) is 14.3. The number of rotatable bonds is 10. The van der Waals surface area contributed by atoms with Crippen molar-refractivity contribution in [1.29, 1.82) is 0 Å². The first-order valence-corrected chi connectivity index (χ1v) is 28.9. The van der Waals surface area contributed by atoms with Crippen molar-refractivity contribution in [2.45, 2.75) is 136 Å². The molecule has 10 aromatic rings. The summed E-state index contributed by atoms with van der Waals surface area (Å²) in [5, 5.41) is 5.38. The van der Waals surface area contributed by atoms with E-state index in [1.54, 1.807) is 0 Å². The largest absolute Gasteiger partial charge is 0.376 e. The Bertz CT molecular complexity index is 3890. The summed E-state index contributed by atoms with van der Waals surface area (Å²) in [4.78, 5) is 5.42. The molecule has 3 nitrogen and oxygen atoms in total. The topological polar surface area (TPSA) is 11.4 Å². The number of para-hydroxylation sites is 3. The van der Waals surface area contributed by atoms with E-state index in [1.807, 2.05) is 11.3 Å². The van der Waals surface area contributed by atoms with Crippen LogP contribution < -0.4 is 20.6 Å². The van der Waals surface area contributed by atoms with Gasteiger partial charge in [0.2, 0.25) is 0 Å². The number of fused-ring (bicyclic) bond motifs is 14. The molecule has 1 aliphatic carbocycles. The Morgan fingerprint density at radius 2 is 1.11 bits per heavy atom. The third-order valence-corrected chi connectivity index (χ3v) is 19.6. The lowest BCUT2D eigenvalue weighted by Crippen LogP contribution is -2.60. The summed E-state index contributed by atoms with van der Waals surface area (Å²) >= 11 is 2.00. The first-order valence-electron chi connectivity index (χ1n) is 28.0. The second kappa shape index (κ2) is 16.7. The zero-order valence-electron chi connectivity index (χ0n) is 44.8. The Balaban J connectivity index is 1.13. The molecule has 0 N–H and O–H groups in total. The van der Waals surface area contributed by atoms with E-state index in [9.17, 15) is 0 Å². The van der Waals surface area contributed by atoms with Crippen molar-refractivity contribution in [2.24, 2.45) is 0 Å². The lowest BCUT2D eigenvalue weighted by Gasteiger charge is -2.44. The van der Waals surface area contributed by atoms with Crippen molar-refractivity contribution in [3.8, 4) is 16.8 Å². The van der Waals surface area contributed by atoms with Crippen molar-refractivity contribution in [3.63, 3.8) is 0 Å². The molecule has 5 heteroatoms. The van der Waals surface area contributed by atoms with Gasteiger partial charge in [0.25, 0.3) is 0 Å². The van der Waals surface area contributed by atoms with E-state index in [0.29, 0.717) is 0 Å². The van der Waals surface area contributed by atoms with Crippen LogP contribution in [0.15, 0.2) is 146 Å². The number of hydrogen-bond donors (Lipinski definition) is 0. The predicted octanol–water partition coefficient (Wildman–Crippen LogP) is 18.3. The summed E-state index contributed by atoms with van der Waals surface area (Å²) in [5.74, 6) is 0. The van der Waals surface area contributed by atoms with Gasteiger partial charge in [-0.25, -0.2) is 0 Å². The monoisotopic (exact) mass is 982 g/mol. The molecule has 74 heavy (non-hydrogen) atoms. The maximum absolute atomic E-state index is 2.78. The van der Waals surface area contributed by atoms with Gasteiger partial charge in [-0.05, 0) is 166 Å². The maximum atomic E-state index is 2.78. The fraction of sp³-hybridized carbons (Fsp3) is 0.304. The van der Waals surface area contributed by atoms with Crippen molar-refractivity contribution >= 4 is 99.5 Å². The molecule has 2 aromatic heterocycles. The molecule has 8 aromatic carbocycles. The Morgan fingerprint density at radius 3 is 1.81 bits per heavy atom. The fourth-order valence-corrected chi connectivity index (χ4v) is 15.5. The maximum Gasteiger partial charge on any atom is 0.333 e. The summed E-state index contributed by atoms with van der Waals surface area (Å²) in [6.07, 6.45) is 12.0. The molecule has 0 unspecified atom stereocenters. The average Bonchev–Trinajstić information content (AvgIpc) is 3.95. The quantitative estimate of drug-likeness (QED) is 0.0999. The molecule has 0 bridgehead atoms. The molecular formula is C69H68BN3S. The molecule has 0 atom stereocenters. The van der Waals surface area contributed by atoms with Gasteiger partial charge in [-0.1, -0.05) is 160 Å². The lowest BCUT2D eigenvalue weighted by molar-refractivity contribution is 0.332. The van der Waals surface area contributed by atoms with Crippen molar-refractivity contribution in [2.75, 3.05) is 9.71 Å². The molecule has 0 spiro atoms. The summed E-state index contributed by atoms with van der Waals surface area (Å²) < 4.78 is 5.44. The highest BCUT2D eigenvalue weighted by Gasteiger charge is 2.47. The molecule has 4 aliphatic rings. The van der Waals surface area contributed by atoms with Gasteiger partial charge < -0.3 is 14.3 Å². The highest BCUT2D eigenvalue weighted by atomic mass is 32.1. The van der Waals surface area contributed by atoms with Crippen molar-refractivity contribution in [1.82, 2.24) is 4.57 Å². The molecule has 5 heterocycles. The van der Waals surface area contributed by atoms with Gasteiger partial charge in [0.1, 0.15) is 0 Å². The highest BCUT2D eigenvalue weighted by Crippen LogP contribution is 2.57. The second-order valence-electron chi connectivity index (χ2n) is 24.3. The average molecular weight is 982 g/mol. The predicted molar refractivity (Wildman–Crippen MR) is 321 cm³/mol. The van der Waals surface area contributed by atoms with Crippen LogP contribution in [0.1, 0.15) is 140 Å². The summed E-state index contributed by atoms with van der Waals surface area (Å²) in [6.45, 7) is 19.3. The van der Waals surface area contributed by atoms with E-state index in [1.165, 1.54) is 183 Å². The Morgan fingerprint density at radius 1 is 0.500 bits per heavy atom. The number of anilines is 5. The van der Waals surface area contributed by atoms with Gasteiger partial charge in [0, 0.05) is 59.0 Å². The Kier molecular flexibility index (Phi) is 10.4. The van der Waals surface area contributed by atoms with E-state index in [-0.39, 0.29) is 23.1 Å². The number of nitrogens with zero attached hydrogens (tertiary/aromatic N) is 3. The van der Waals surface area contributed by atoms with Crippen LogP contribution in [0.3, 0.4) is 0 Å². The van der Waals surface area contributed by atoms with E-state index in [2.05, 4.69) is 215 Å². The minimum atomic E-state index is -0.176. The van der Waals surface area contributed by atoms with Crippen LogP contribution in [0.4, 0.5) is 28.4 Å². The van der Waals surface area contributed by atoms with E-state index >= 15 is 0 Å². The molecular weight excluding hydrogens is 914 g/mol. The molecule has 0 radical (unpaired) electrons. The SMILES string of the molecule is CCCCCc1ccc(N2B3c4cc(CCCCC)ccc4-n4c5ccccc5c5c(N6c7ccccc7C(C)(C)c7ccccc76)cc(c3c54)-c3cc4sc5cc6c(cc5c4cc32)C(C)(C)CCC6(C)C)cc1. The van der Waals surface area contributed by atoms with Gasteiger partial charge >= 0.3 is 6.85 Å². The van der Waals surface area contributed by atoms with Crippen LogP contribution >= 0.6 is 11.3 Å². The van der Waals surface area contributed by atoms with Crippen LogP contribution in [0, 0.1) is 0 Å². The van der Waals surface area contributed by atoms with Crippen LogP contribution in [0.25, 0.3) is 58.8 Å². The molecule has 3 aliphatic heterocycles. The van der Waals surface area contributed by atoms with Crippen LogP contribution in [-0.4, -0.2) is 11.4 Å². The molecule has 0 fully saturated rings. The van der Waals surface area contributed by atoms with Gasteiger partial charge in [-0.2, -0.15) is 0 Å². The number of hydrogen-bond acceptors (Lipinski definition) is 3. The third-order valence-electron chi connectivity index (χ3n) is 18.5. The van der Waals surface area contributed by atoms with E-state index in [4.69, 9.17) is 0 Å². The normalized spacial score (nSPS) is 16.4. The Labute approximate surface area is 443 Å². The number of thiophene rings is 1. The summed E-state index contributed by atoms with van der Waals surface area (Å²) in [6, 6.07) is 58.1. The lowest BCUT2D eigenvalue weighted by atomic mass is 9.43. The van der Waals surface area contributed by atoms with Crippen LogP contribution in [0.5, 0.6) is 0 Å². The number of aromatic nitrogens is 1. The summed E-state index contributed by atoms with van der Waals surface area (Å²) in [7, 11) is 0. The van der Waals surface area contributed by atoms with E-state index < -0.39 is 0 Å². The van der Waals surface area contributed by atoms with E-state index in [0.717, 1.165) is 12.8 Å². The first-order chi connectivity index (χ1) is 35.9. The molecule has 0 amide bonds. The van der Waals surface area contributed by atoms with Crippen LogP contribution in [0.2, 0.25) is 0 Å². The molecule has 368 valence electrons. The van der Waals surface area contributed by atoms with Crippen molar-refractivity contribution in [3.05, 3.63) is 179 Å². The Hall–Kier alpha value is -6.56. The summed E-state index contributed by atoms with van der Waals surface area (Å²) in [5.41, 5.74) is 24.4. The molecule has 14 rings (SSSR count). The van der Waals surface area contributed by atoms with Crippen molar-refractivity contribution < 1.29 is 0 Å². The molecule has 0 saturated heterocycles. The highest BCUT2D eigenvalue weighted by molar-refractivity contribution is 7.25. The number of benzene rings is 8.